The molecule has 0 atom stereocenters. The van der Waals surface area contributed by atoms with Crippen molar-refractivity contribution in [3.63, 3.8) is 0 Å². The van der Waals surface area contributed by atoms with Crippen LogP contribution in [0.25, 0.3) is 22.2 Å². The second kappa shape index (κ2) is 4.31. The predicted molar refractivity (Wildman–Crippen MR) is 68.1 cm³/mol. The summed E-state index contributed by atoms with van der Waals surface area (Å²) in [7, 11) is 0. The van der Waals surface area contributed by atoms with Crippen molar-refractivity contribution in [3.05, 3.63) is 46.8 Å². The monoisotopic (exact) mass is 262 g/mol. The maximum Gasteiger partial charge on any atom is 0.258 e. The fourth-order valence-electron chi connectivity index (χ4n) is 1.46. The first-order chi connectivity index (χ1) is 8.33. The minimum atomic E-state index is 0.482. The predicted octanol–water partition coefficient (Wildman–Crippen LogP) is 4.12. The quantitative estimate of drug-likeness (QED) is 0.697. The number of hydrogen-bond donors (Lipinski definition) is 0. The van der Waals surface area contributed by atoms with Crippen molar-refractivity contribution in [2.45, 2.75) is 0 Å². The van der Waals surface area contributed by atoms with Crippen molar-refractivity contribution >= 4 is 22.9 Å². The van der Waals surface area contributed by atoms with Gasteiger partial charge in [0.25, 0.3) is 5.89 Å². The van der Waals surface area contributed by atoms with Crippen molar-refractivity contribution in [3.8, 4) is 22.2 Å². The molecule has 0 N–H and O–H groups in total. The van der Waals surface area contributed by atoms with E-state index in [4.69, 9.17) is 16.0 Å². The summed E-state index contributed by atoms with van der Waals surface area (Å²) in [6.45, 7) is 0. The third kappa shape index (κ3) is 2.09. The summed E-state index contributed by atoms with van der Waals surface area (Å²) in [6.07, 6.45) is 0. The van der Waals surface area contributed by atoms with Gasteiger partial charge in [-0.3, -0.25) is 0 Å². The highest BCUT2D eigenvalue weighted by Crippen LogP contribution is 2.27. The molecule has 0 radical (unpaired) electrons. The smallest absolute Gasteiger partial charge is 0.258 e. The molecule has 0 unspecified atom stereocenters. The van der Waals surface area contributed by atoms with Crippen LogP contribution in [0.4, 0.5) is 0 Å². The highest BCUT2D eigenvalue weighted by molar-refractivity contribution is 7.13. The standard InChI is InChI=1S/C12H7ClN2OS/c13-9-4-1-3-8(7-9)11-14-15-12(16-11)10-5-2-6-17-10/h1-7H. The van der Waals surface area contributed by atoms with Crippen LogP contribution in [-0.2, 0) is 0 Å². The molecule has 0 aliphatic carbocycles. The van der Waals surface area contributed by atoms with Crippen LogP contribution >= 0.6 is 22.9 Å². The largest absolute Gasteiger partial charge is 0.415 e. The molecule has 5 heteroatoms. The molecular weight excluding hydrogens is 256 g/mol. The van der Waals surface area contributed by atoms with Crippen molar-refractivity contribution in [1.29, 1.82) is 0 Å². The second-order valence-electron chi connectivity index (χ2n) is 3.40. The minimum absolute atomic E-state index is 0.482. The number of aromatic nitrogens is 2. The number of nitrogens with zero attached hydrogens (tertiary/aromatic N) is 2. The third-order valence-corrected chi connectivity index (χ3v) is 3.32. The van der Waals surface area contributed by atoms with Gasteiger partial charge in [-0.15, -0.1) is 21.5 Å². The maximum absolute atomic E-state index is 5.91. The van der Waals surface area contributed by atoms with Gasteiger partial charge in [-0.2, -0.15) is 0 Å². The molecule has 3 nitrogen and oxygen atoms in total. The van der Waals surface area contributed by atoms with E-state index >= 15 is 0 Å². The Labute approximate surface area is 107 Å². The zero-order valence-corrected chi connectivity index (χ0v) is 10.2. The Kier molecular flexibility index (Phi) is 2.66. The SMILES string of the molecule is Clc1cccc(-c2nnc(-c3cccs3)o2)c1. The third-order valence-electron chi connectivity index (χ3n) is 2.23. The normalized spacial score (nSPS) is 10.6. The molecule has 0 saturated heterocycles. The molecule has 0 bridgehead atoms. The van der Waals surface area contributed by atoms with Crippen LogP contribution in [0.3, 0.4) is 0 Å². The van der Waals surface area contributed by atoms with E-state index in [0.717, 1.165) is 10.4 Å². The highest BCUT2D eigenvalue weighted by atomic mass is 35.5. The molecular formula is C12H7ClN2OS. The van der Waals surface area contributed by atoms with Gasteiger partial charge in [-0.25, -0.2) is 0 Å². The Bertz CT molecular complexity index is 634. The lowest BCUT2D eigenvalue weighted by Gasteiger charge is -1.94. The molecule has 3 rings (SSSR count). The van der Waals surface area contributed by atoms with E-state index in [9.17, 15) is 0 Å². The Balaban J connectivity index is 2.01. The molecule has 2 heterocycles. The zero-order valence-electron chi connectivity index (χ0n) is 8.63. The summed E-state index contributed by atoms with van der Waals surface area (Å²) in [5, 5.41) is 10.7. The van der Waals surface area contributed by atoms with Gasteiger partial charge in [-0.1, -0.05) is 23.7 Å². The van der Waals surface area contributed by atoms with Gasteiger partial charge in [0.1, 0.15) is 0 Å². The summed E-state index contributed by atoms with van der Waals surface area (Å²) < 4.78 is 5.60. The molecule has 0 amide bonds. The first-order valence-corrected chi connectivity index (χ1v) is 6.22. The molecule has 0 aliphatic heterocycles. The average molecular weight is 263 g/mol. The Morgan fingerprint density at radius 3 is 2.71 bits per heavy atom. The Hall–Kier alpha value is -1.65. The van der Waals surface area contributed by atoms with Gasteiger partial charge in [0.05, 0.1) is 4.88 Å². The first-order valence-electron chi connectivity index (χ1n) is 4.96. The fraction of sp³-hybridized carbons (Fsp3) is 0. The van der Waals surface area contributed by atoms with E-state index in [1.165, 1.54) is 0 Å². The minimum Gasteiger partial charge on any atom is -0.415 e. The fourth-order valence-corrected chi connectivity index (χ4v) is 2.30. The number of hydrogen-bond acceptors (Lipinski definition) is 4. The van der Waals surface area contributed by atoms with Crippen LogP contribution in [0.1, 0.15) is 0 Å². The summed E-state index contributed by atoms with van der Waals surface area (Å²) in [6, 6.07) is 11.2. The number of rotatable bonds is 2. The van der Waals surface area contributed by atoms with Crippen LogP contribution in [-0.4, -0.2) is 10.2 Å². The lowest BCUT2D eigenvalue weighted by Crippen LogP contribution is -1.76. The van der Waals surface area contributed by atoms with E-state index in [1.54, 1.807) is 17.4 Å². The van der Waals surface area contributed by atoms with E-state index in [0.29, 0.717) is 16.8 Å². The topological polar surface area (TPSA) is 38.9 Å². The van der Waals surface area contributed by atoms with E-state index in [-0.39, 0.29) is 0 Å². The summed E-state index contributed by atoms with van der Waals surface area (Å²) in [4.78, 5) is 0.964. The van der Waals surface area contributed by atoms with Crippen molar-refractivity contribution in [2.75, 3.05) is 0 Å². The Morgan fingerprint density at radius 1 is 1.06 bits per heavy atom. The molecule has 0 saturated carbocycles. The molecule has 0 fully saturated rings. The molecule has 17 heavy (non-hydrogen) atoms. The molecule has 0 spiro atoms. The van der Waals surface area contributed by atoms with Crippen LogP contribution in [0, 0.1) is 0 Å². The van der Waals surface area contributed by atoms with Gasteiger partial charge >= 0.3 is 0 Å². The van der Waals surface area contributed by atoms with Gasteiger partial charge in [0, 0.05) is 10.6 Å². The lowest BCUT2D eigenvalue weighted by atomic mass is 10.2. The number of halogens is 1. The molecule has 0 aliphatic rings. The van der Waals surface area contributed by atoms with E-state index < -0.39 is 0 Å². The molecule has 84 valence electrons. The summed E-state index contributed by atoms with van der Waals surface area (Å²) in [5.74, 6) is 1.02. The molecule has 1 aromatic carbocycles. The Morgan fingerprint density at radius 2 is 1.94 bits per heavy atom. The van der Waals surface area contributed by atoms with Crippen molar-refractivity contribution in [2.24, 2.45) is 0 Å². The van der Waals surface area contributed by atoms with Gasteiger partial charge in [0.2, 0.25) is 5.89 Å². The van der Waals surface area contributed by atoms with Gasteiger partial charge in [0.15, 0.2) is 0 Å². The second-order valence-corrected chi connectivity index (χ2v) is 4.78. The highest BCUT2D eigenvalue weighted by Gasteiger charge is 2.10. The van der Waals surface area contributed by atoms with Crippen LogP contribution in [0.15, 0.2) is 46.2 Å². The van der Waals surface area contributed by atoms with Crippen LogP contribution < -0.4 is 0 Å². The maximum atomic E-state index is 5.91. The van der Waals surface area contributed by atoms with Gasteiger partial charge in [-0.05, 0) is 29.6 Å². The molecule has 3 aromatic rings. The number of benzene rings is 1. The summed E-state index contributed by atoms with van der Waals surface area (Å²) in [5.41, 5.74) is 0.827. The zero-order chi connectivity index (χ0) is 11.7. The van der Waals surface area contributed by atoms with E-state index in [2.05, 4.69) is 10.2 Å². The first kappa shape index (κ1) is 10.5. The van der Waals surface area contributed by atoms with E-state index in [1.807, 2.05) is 35.7 Å². The van der Waals surface area contributed by atoms with Gasteiger partial charge < -0.3 is 4.42 Å². The van der Waals surface area contributed by atoms with Crippen molar-refractivity contribution in [1.82, 2.24) is 10.2 Å². The van der Waals surface area contributed by atoms with Crippen LogP contribution in [0.2, 0.25) is 5.02 Å². The average Bonchev–Trinajstić information content (AvgIpc) is 3.00. The lowest BCUT2D eigenvalue weighted by molar-refractivity contribution is 0.586. The molecule has 2 aromatic heterocycles. The van der Waals surface area contributed by atoms with Crippen LogP contribution in [0.5, 0.6) is 0 Å². The number of thiophene rings is 1. The van der Waals surface area contributed by atoms with Crippen molar-refractivity contribution < 1.29 is 4.42 Å². The summed E-state index contributed by atoms with van der Waals surface area (Å²) >= 11 is 7.48.